The van der Waals surface area contributed by atoms with Gasteiger partial charge in [0.15, 0.2) is 0 Å². The van der Waals surface area contributed by atoms with E-state index in [4.69, 9.17) is 11.5 Å². The van der Waals surface area contributed by atoms with Gasteiger partial charge in [0, 0.05) is 23.2 Å². The van der Waals surface area contributed by atoms with Gasteiger partial charge in [-0.2, -0.15) is 0 Å². The van der Waals surface area contributed by atoms with E-state index >= 15 is 0 Å². The molecule has 2 nitrogen and oxygen atoms in total. The van der Waals surface area contributed by atoms with Crippen molar-refractivity contribution in [2.75, 3.05) is 11.5 Å². The van der Waals surface area contributed by atoms with Crippen LogP contribution in [0.2, 0.25) is 0 Å². The molecule has 0 saturated carbocycles. The van der Waals surface area contributed by atoms with Crippen LogP contribution in [0.5, 0.6) is 0 Å². The van der Waals surface area contributed by atoms with Gasteiger partial charge in [0.25, 0.3) is 0 Å². The van der Waals surface area contributed by atoms with Crippen LogP contribution in [0.1, 0.15) is 207 Å². The molecule has 4 rings (SSSR count). The lowest BCUT2D eigenvalue weighted by atomic mass is 9.83. The Morgan fingerprint density at radius 1 is 0.352 bits per heavy atom. The van der Waals surface area contributed by atoms with Crippen LogP contribution < -0.4 is 11.5 Å². The molecule has 4 aromatic carbocycles. The summed E-state index contributed by atoms with van der Waals surface area (Å²) in [6.07, 6.45) is 29.1. The van der Waals surface area contributed by atoms with Gasteiger partial charge in [0.05, 0.1) is 0 Å². The summed E-state index contributed by atoms with van der Waals surface area (Å²) in [4.78, 5) is 0. The molecule has 0 aliphatic heterocycles. The van der Waals surface area contributed by atoms with Gasteiger partial charge < -0.3 is 11.5 Å². The van der Waals surface area contributed by atoms with Crippen molar-refractivity contribution < 1.29 is 0 Å². The number of benzene rings is 4. The molecule has 0 heterocycles. The number of nitrogens with two attached hydrogens (primary N) is 2. The minimum atomic E-state index is 0.418. The third-order valence-corrected chi connectivity index (χ3v) is 12.0. The summed E-state index contributed by atoms with van der Waals surface area (Å²) < 4.78 is 0. The van der Waals surface area contributed by atoms with Gasteiger partial charge >= 0.3 is 0 Å². The Hall–Kier alpha value is -3.52. The normalized spacial score (nSPS) is 13.2. The molecule has 0 aliphatic rings. The van der Waals surface area contributed by atoms with E-state index in [1.54, 1.807) is 0 Å². The van der Waals surface area contributed by atoms with Gasteiger partial charge in [-0.25, -0.2) is 0 Å². The number of anilines is 2. The second-order valence-electron chi connectivity index (χ2n) is 16.4. The third kappa shape index (κ3) is 15.3. The maximum atomic E-state index is 6.09. The first-order valence-electron chi connectivity index (χ1n) is 22.4. The van der Waals surface area contributed by atoms with Crippen LogP contribution >= 0.6 is 0 Å². The molecule has 0 saturated heterocycles. The van der Waals surface area contributed by atoms with Crippen molar-refractivity contribution in [1.29, 1.82) is 0 Å². The van der Waals surface area contributed by atoms with Crippen LogP contribution in [-0.2, 0) is 6.42 Å². The Morgan fingerprint density at radius 2 is 0.648 bits per heavy atom. The first kappa shape index (κ1) is 43.2. The standard InChI is InChI=1S/C52H76N2/c1-4-7-9-11-13-15-17-19-21-23-51(47-33-37-49(53)38-34-47)45-27-25-42(26-28-45)41-43(6-3)44-29-31-46(32-30-44)52(48-35-39-50(54)40-36-48)24-22-20-18-16-14-12-10-8-5-2/h25-40,43,51-52H,4-24,41,53-54H2,1-3H3. The van der Waals surface area contributed by atoms with E-state index in [0.29, 0.717) is 17.8 Å². The van der Waals surface area contributed by atoms with Gasteiger partial charge in [0.2, 0.25) is 0 Å². The number of hydrogen-bond acceptors (Lipinski definition) is 2. The molecule has 2 heteroatoms. The van der Waals surface area contributed by atoms with Gasteiger partial charge in [-0.15, -0.1) is 0 Å². The highest BCUT2D eigenvalue weighted by molar-refractivity contribution is 5.44. The molecular weight excluding hydrogens is 653 g/mol. The summed E-state index contributed by atoms with van der Waals surface area (Å²) in [6, 6.07) is 36.5. The summed E-state index contributed by atoms with van der Waals surface area (Å²) in [6.45, 7) is 6.94. The van der Waals surface area contributed by atoms with E-state index in [1.807, 2.05) is 0 Å². The zero-order valence-corrected chi connectivity index (χ0v) is 34.7. The minimum Gasteiger partial charge on any atom is -0.399 e. The lowest BCUT2D eigenvalue weighted by Gasteiger charge is -2.21. The Labute approximate surface area is 332 Å². The number of rotatable bonds is 28. The van der Waals surface area contributed by atoms with Crippen LogP contribution in [0.15, 0.2) is 97.1 Å². The quantitative estimate of drug-likeness (QED) is 0.0452. The SMILES string of the molecule is CCCCCCCCCCCC(c1ccc(N)cc1)c1ccc(CC(CC)c2ccc(C(CCCCCCCCCCC)c3ccc(N)cc3)cc2)cc1. The number of hydrogen-bond donors (Lipinski definition) is 2. The fourth-order valence-electron chi connectivity index (χ4n) is 8.50. The Bertz CT molecular complexity index is 1500. The molecule has 0 aromatic heterocycles. The molecule has 3 unspecified atom stereocenters. The lowest BCUT2D eigenvalue weighted by Crippen LogP contribution is -2.06. The van der Waals surface area contributed by atoms with E-state index in [2.05, 4.69) is 118 Å². The average Bonchev–Trinajstić information content (AvgIpc) is 3.20. The molecule has 54 heavy (non-hydrogen) atoms. The zero-order valence-electron chi connectivity index (χ0n) is 34.7. The van der Waals surface area contributed by atoms with Gasteiger partial charge in [-0.3, -0.25) is 0 Å². The van der Waals surface area contributed by atoms with Crippen molar-refractivity contribution in [2.24, 2.45) is 0 Å². The highest BCUT2D eigenvalue weighted by Gasteiger charge is 2.18. The summed E-state index contributed by atoms with van der Waals surface area (Å²) in [7, 11) is 0. The number of unbranched alkanes of at least 4 members (excludes halogenated alkanes) is 16. The molecule has 4 aromatic rings. The van der Waals surface area contributed by atoms with E-state index in [1.165, 1.54) is 162 Å². The molecule has 294 valence electrons. The third-order valence-electron chi connectivity index (χ3n) is 12.0. The van der Waals surface area contributed by atoms with Crippen molar-refractivity contribution in [1.82, 2.24) is 0 Å². The second-order valence-corrected chi connectivity index (χ2v) is 16.4. The van der Waals surface area contributed by atoms with Crippen LogP contribution in [0, 0.1) is 0 Å². The topological polar surface area (TPSA) is 52.0 Å². The van der Waals surface area contributed by atoms with Gasteiger partial charge in [-0.05, 0) is 89.2 Å². The largest absolute Gasteiger partial charge is 0.399 e. The Balaban J connectivity index is 1.35. The summed E-state index contributed by atoms with van der Waals surface area (Å²) in [5.74, 6) is 1.34. The van der Waals surface area contributed by atoms with Crippen molar-refractivity contribution in [3.8, 4) is 0 Å². The predicted molar refractivity (Wildman–Crippen MR) is 239 cm³/mol. The molecule has 0 fully saturated rings. The lowest BCUT2D eigenvalue weighted by molar-refractivity contribution is 0.545. The first-order chi connectivity index (χ1) is 26.5. The fourth-order valence-corrected chi connectivity index (χ4v) is 8.50. The first-order valence-corrected chi connectivity index (χ1v) is 22.4. The zero-order chi connectivity index (χ0) is 38.2. The molecule has 3 atom stereocenters. The molecule has 0 amide bonds. The monoisotopic (exact) mass is 729 g/mol. The molecule has 0 radical (unpaired) electrons. The minimum absolute atomic E-state index is 0.418. The molecule has 0 spiro atoms. The molecule has 0 bridgehead atoms. The van der Waals surface area contributed by atoms with Crippen molar-refractivity contribution in [3.63, 3.8) is 0 Å². The Kier molecular flexibility index (Phi) is 20.4. The van der Waals surface area contributed by atoms with E-state index in [0.717, 1.165) is 24.2 Å². The number of nitrogen functional groups attached to an aromatic ring is 2. The summed E-state index contributed by atoms with van der Waals surface area (Å²) >= 11 is 0. The Morgan fingerprint density at radius 3 is 1.00 bits per heavy atom. The molecule has 4 N–H and O–H groups in total. The van der Waals surface area contributed by atoms with Crippen LogP contribution in [0.4, 0.5) is 11.4 Å². The maximum Gasteiger partial charge on any atom is 0.0314 e. The van der Waals surface area contributed by atoms with Gasteiger partial charge in [0.1, 0.15) is 0 Å². The highest BCUT2D eigenvalue weighted by Crippen LogP contribution is 2.35. The van der Waals surface area contributed by atoms with Crippen LogP contribution in [-0.4, -0.2) is 0 Å². The average molecular weight is 729 g/mol. The van der Waals surface area contributed by atoms with Crippen LogP contribution in [0.25, 0.3) is 0 Å². The fraction of sp³-hybridized carbons (Fsp3) is 0.538. The van der Waals surface area contributed by atoms with Crippen molar-refractivity contribution in [2.45, 2.75) is 180 Å². The summed E-state index contributed by atoms with van der Waals surface area (Å²) in [5.41, 5.74) is 22.4. The second kappa shape index (κ2) is 25.5. The van der Waals surface area contributed by atoms with E-state index in [9.17, 15) is 0 Å². The van der Waals surface area contributed by atoms with E-state index < -0.39 is 0 Å². The maximum absolute atomic E-state index is 6.09. The van der Waals surface area contributed by atoms with Gasteiger partial charge in [-0.1, -0.05) is 209 Å². The summed E-state index contributed by atoms with van der Waals surface area (Å²) in [5, 5.41) is 0. The molecular formula is C52H76N2. The van der Waals surface area contributed by atoms with Crippen LogP contribution in [0.3, 0.4) is 0 Å². The predicted octanol–water partition coefficient (Wildman–Crippen LogP) is 15.7. The van der Waals surface area contributed by atoms with Crippen molar-refractivity contribution >= 4 is 11.4 Å². The highest BCUT2D eigenvalue weighted by atomic mass is 14.5. The van der Waals surface area contributed by atoms with E-state index in [-0.39, 0.29) is 0 Å². The molecule has 0 aliphatic carbocycles. The van der Waals surface area contributed by atoms with Crippen molar-refractivity contribution in [3.05, 3.63) is 130 Å². The smallest absolute Gasteiger partial charge is 0.0314 e.